The van der Waals surface area contributed by atoms with E-state index in [1.54, 1.807) is 14.2 Å². The second kappa shape index (κ2) is 6.44. The van der Waals surface area contributed by atoms with Crippen LogP contribution in [0.5, 0.6) is 0 Å². The van der Waals surface area contributed by atoms with Crippen molar-refractivity contribution in [2.24, 2.45) is 5.92 Å². The van der Waals surface area contributed by atoms with Crippen LogP contribution in [0.1, 0.15) is 33.6 Å². The second-order valence-corrected chi connectivity index (χ2v) is 3.36. The predicted octanol–water partition coefficient (Wildman–Crippen LogP) is 2.47. The molecule has 3 unspecified atom stereocenters. The largest absolute Gasteiger partial charge is 0.381 e. The minimum absolute atomic E-state index is 0.279. The van der Waals surface area contributed by atoms with Crippen LogP contribution in [0.3, 0.4) is 0 Å². The Morgan fingerprint density at radius 3 is 2.00 bits per heavy atom. The maximum Gasteiger partial charge on any atom is 0.0621 e. The Kier molecular flexibility index (Phi) is 6.39. The van der Waals surface area contributed by atoms with Crippen molar-refractivity contribution in [3.63, 3.8) is 0 Å². The molecule has 0 aliphatic heterocycles. The first-order valence-electron chi connectivity index (χ1n) is 4.72. The lowest BCUT2D eigenvalue weighted by Crippen LogP contribution is -2.30. The van der Waals surface area contributed by atoms with Crippen molar-refractivity contribution in [1.82, 2.24) is 0 Å². The average Bonchev–Trinajstić information content (AvgIpc) is 2.11. The minimum atomic E-state index is 0.279. The summed E-state index contributed by atoms with van der Waals surface area (Å²) < 4.78 is 10.7. The molecule has 0 bridgehead atoms. The van der Waals surface area contributed by atoms with Crippen LogP contribution in [0.4, 0.5) is 0 Å². The highest BCUT2D eigenvalue weighted by atomic mass is 16.5. The molecule has 0 saturated heterocycles. The molecule has 0 aromatic heterocycles. The van der Waals surface area contributed by atoms with Crippen molar-refractivity contribution in [3.05, 3.63) is 0 Å². The lowest BCUT2D eigenvalue weighted by Gasteiger charge is -2.26. The Morgan fingerprint density at radius 2 is 1.67 bits per heavy atom. The van der Waals surface area contributed by atoms with Gasteiger partial charge in [-0.25, -0.2) is 0 Å². The first-order valence-corrected chi connectivity index (χ1v) is 4.72. The van der Waals surface area contributed by atoms with Crippen molar-refractivity contribution >= 4 is 0 Å². The summed E-state index contributed by atoms with van der Waals surface area (Å²) in [5.41, 5.74) is 0. The molecule has 0 amide bonds. The van der Waals surface area contributed by atoms with Gasteiger partial charge in [-0.15, -0.1) is 0 Å². The molecular weight excluding hydrogens is 152 g/mol. The molecule has 0 aromatic carbocycles. The SMILES string of the molecule is CCCC(OC)C(C)C(C)OC. The zero-order valence-corrected chi connectivity index (χ0v) is 8.96. The molecule has 0 aromatic rings. The van der Waals surface area contributed by atoms with E-state index in [1.807, 2.05) is 0 Å². The Morgan fingerprint density at radius 1 is 1.08 bits per heavy atom. The third-order valence-electron chi connectivity index (χ3n) is 2.57. The highest BCUT2D eigenvalue weighted by Gasteiger charge is 2.21. The third kappa shape index (κ3) is 3.55. The van der Waals surface area contributed by atoms with E-state index in [4.69, 9.17) is 9.47 Å². The van der Waals surface area contributed by atoms with Gasteiger partial charge in [0.2, 0.25) is 0 Å². The normalized spacial score (nSPS) is 18.8. The van der Waals surface area contributed by atoms with Crippen molar-refractivity contribution in [2.45, 2.75) is 45.8 Å². The number of ether oxygens (including phenoxy) is 2. The number of hydrogen-bond donors (Lipinski definition) is 0. The fourth-order valence-electron chi connectivity index (χ4n) is 1.40. The first kappa shape index (κ1) is 11.9. The van der Waals surface area contributed by atoms with Gasteiger partial charge < -0.3 is 9.47 Å². The van der Waals surface area contributed by atoms with Crippen LogP contribution in [0, 0.1) is 5.92 Å². The lowest BCUT2D eigenvalue weighted by molar-refractivity contribution is -0.0212. The molecular formula is C10H22O2. The van der Waals surface area contributed by atoms with E-state index in [-0.39, 0.29) is 6.10 Å². The summed E-state index contributed by atoms with van der Waals surface area (Å²) >= 11 is 0. The summed E-state index contributed by atoms with van der Waals surface area (Å²) in [5.74, 6) is 0.472. The summed E-state index contributed by atoms with van der Waals surface area (Å²) in [6.07, 6.45) is 2.90. The van der Waals surface area contributed by atoms with Crippen LogP contribution in [0.2, 0.25) is 0 Å². The van der Waals surface area contributed by atoms with Crippen LogP contribution in [-0.4, -0.2) is 26.4 Å². The van der Waals surface area contributed by atoms with E-state index in [9.17, 15) is 0 Å². The Hall–Kier alpha value is -0.0800. The fraction of sp³-hybridized carbons (Fsp3) is 1.00. The van der Waals surface area contributed by atoms with E-state index in [1.165, 1.54) is 6.42 Å². The Labute approximate surface area is 76.3 Å². The van der Waals surface area contributed by atoms with Gasteiger partial charge in [-0.2, -0.15) is 0 Å². The zero-order valence-electron chi connectivity index (χ0n) is 8.96. The summed E-state index contributed by atoms with van der Waals surface area (Å²) in [7, 11) is 3.53. The average molecular weight is 174 g/mol. The van der Waals surface area contributed by atoms with Crippen LogP contribution >= 0.6 is 0 Å². The summed E-state index contributed by atoms with van der Waals surface area (Å²) in [5, 5.41) is 0. The van der Waals surface area contributed by atoms with Gasteiger partial charge in [-0.05, 0) is 13.3 Å². The second-order valence-electron chi connectivity index (χ2n) is 3.36. The first-order chi connectivity index (χ1) is 5.67. The molecule has 2 nitrogen and oxygen atoms in total. The van der Waals surface area contributed by atoms with Crippen molar-refractivity contribution in [3.8, 4) is 0 Å². The molecule has 0 rings (SSSR count). The van der Waals surface area contributed by atoms with Crippen LogP contribution in [0.25, 0.3) is 0 Å². The van der Waals surface area contributed by atoms with Gasteiger partial charge in [0.25, 0.3) is 0 Å². The zero-order chi connectivity index (χ0) is 9.56. The Balaban J connectivity index is 3.91. The lowest BCUT2D eigenvalue weighted by atomic mass is 9.95. The predicted molar refractivity (Wildman–Crippen MR) is 51.3 cm³/mol. The highest BCUT2D eigenvalue weighted by molar-refractivity contribution is 4.70. The molecule has 0 spiro atoms. The van der Waals surface area contributed by atoms with E-state index >= 15 is 0 Å². The molecule has 0 saturated carbocycles. The molecule has 0 N–H and O–H groups in total. The van der Waals surface area contributed by atoms with Gasteiger partial charge in [0.05, 0.1) is 12.2 Å². The van der Waals surface area contributed by atoms with E-state index in [0.29, 0.717) is 12.0 Å². The molecule has 0 fully saturated rings. The van der Waals surface area contributed by atoms with Gasteiger partial charge in [0, 0.05) is 20.1 Å². The third-order valence-corrected chi connectivity index (χ3v) is 2.57. The molecule has 2 heteroatoms. The molecule has 74 valence electrons. The van der Waals surface area contributed by atoms with Gasteiger partial charge in [-0.3, -0.25) is 0 Å². The molecule has 12 heavy (non-hydrogen) atoms. The van der Waals surface area contributed by atoms with Crippen LogP contribution < -0.4 is 0 Å². The summed E-state index contributed by atoms with van der Waals surface area (Å²) in [4.78, 5) is 0. The number of hydrogen-bond acceptors (Lipinski definition) is 2. The highest BCUT2D eigenvalue weighted by Crippen LogP contribution is 2.17. The van der Waals surface area contributed by atoms with Crippen LogP contribution in [-0.2, 0) is 9.47 Å². The monoisotopic (exact) mass is 174 g/mol. The summed E-state index contributed by atoms with van der Waals surface area (Å²) in [6, 6.07) is 0. The van der Waals surface area contributed by atoms with Crippen molar-refractivity contribution in [1.29, 1.82) is 0 Å². The number of rotatable bonds is 6. The molecule has 3 atom stereocenters. The van der Waals surface area contributed by atoms with Gasteiger partial charge in [0.15, 0.2) is 0 Å². The quantitative estimate of drug-likeness (QED) is 0.616. The smallest absolute Gasteiger partial charge is 0.0621 e. The molecule has 0 aliphatic carbocycles. The van der Waals surface area contributed by atoms with Gasteiger partial charge in [-0.1, -0.05) is 20.3 Å². The van der Waals surface area contributed by atoms with Crippen LogP contribution in [0.15, 0.2) is 0 Å². The molecule has 0 heterocycles. The maximum atomic E-state index is 5.40. The van der Waals surface area contributed by atoms with E-state index in [0.717, 1.165) is 6.42 Å². The number of methoxy groups -OCH3 is 2. The minimum Gasteiger partial charge on any atom is -0.381 e. The maximum absolute atomic E-state index is 5.40. The van der Waals surface area contributed by atoms with E-state index < -0.39 is 0 Å². The molecule has 0 radical (unpaired) electrons. The van der Waals surface area contributed by atoms with Gasteiger partial charge in [0.1, 0.15) is 0 Å². The van der Waals surface area contributed by atoms with Gasteiger partial charge >= 0.3 is 0 Å². The van der Waals surface area contributed by atoms with Crippen molar-refractivity contribution < 1.29 is 9.47 Å². The molecule has 0 aliphatic rings. The topological polar surface area (TPSA) is 18.5 Å². The Bertz CT molecular complexity index is 104. The van der Waals surface area contributed by atoms with Crippen molar-refractivity contribution in [2.75, 3.05) is 14.2 Å². The van der Waals surface area contributed by atoms with E-state index in [2.05, 4.69) is 20.8 Å². The fourth-order valence-corrected chi connectivity index (χ4v) is 1.40. The summed E-state index contributed by atoms with van der Waals surface area (Å²) in [6.45, 7) is 6.44. The standard InChI is InChI=1S/C10H22O2/c1-6-7-10(12-5)8(2)9(3)11-4/h8-10H,6-7H2,1-5H3.